The Hall–Kier alpha value is -1.95. The first-order valence-electron chi connectivity index (χ1n) is 9.21. The first kappa shape index (κ1) is 17.9. The third-order valence-corrected chi connectivity index (χ3v) is 4.91. The van der Waals surface area contributed by atoms with Crippen LogP contribution in [-0.2, 0) is 11.2 Å². The second kappa shape index (κ2) is 8.43. The molecule has 0 saturated carbocycles. The standard InChI is InChI=1S/C19H28N2O4/c1-3-21(19(22)23-11-10-20-8-4-5-9-20)15(2)12-16-6-7-17-18(13-16)25-14-24-17/h6-7,13,15H,3-5,8-12,14H2,1-2H3. The summed E-state index contributed by atoms with van der Waals surface area (Å²) in [6, 6.07) is 6.00. The lowest BCUT2D eigenvalue weighted by molar-refractivity contribution is 0.0833. The molecule has 1 aromatic rings. The van der Waals surface area contributed by atoms with E-state index < -0.39 is 0 Å². The lowest BCUT2D eigenvalue weighted by Crippen LogP contribution is -2.41. The molecule has 6 nitrogen and oxygen atoms in total. The summed E-state index contributed by atoms with van der Waals surface area (Å²) in [6.07, 6.45) is 3.03. The number of nitrogens with zero attached hydrogens (tertiary/aromatic N) is 2. The number of amides is 1. The van der Waals surface area contributed by atoms with Crippen LogP contribution in [0.4, 0.5) is 4.79 Å². The Bertz CT molecular complexity index is 587. The van der Waals surface area contributed by atoms with Gasteiger partial charge in [0.2, 0.25) is 6.79 Å². The smallest absolute Gasteiger partial charge is 0.410 e. The Morgan fingerprint density at radius 1 is 1.28 bits per heavy atom. The molecular weight excluding hydrogens is 320 g/mol. The SMILES string of the molecule is CCN(C(=O)OCCN1CCCC1)C(C)Cc1ccc2c(c1)OCO2. The molecule has 2 aliphatic rings. The third kappa shape index (κ3) is 4.57. The predicted molar refractivity (Wildman–Crippen MR) is 95.1 cm³/mol. The van der Waals surface area contributed by atoms with Gasteiger partial charge in [0.25, 0.3) is 0 Å². The van der Waals surface area contributed by atoms with E-state index in [4.69, 9.17) is 14.2 Å². The molecule has 1 atom stereocenters. The minimum atomic E-state index is -0.227. The summed E-state index contributed by atoms with van der Waals surface area (Å²) in [4.78, 5) is 16.5. The van der Waals surface area contributed by atoms with Gasteiger partial charge >= 0.3 is 6.09 Å². The first-order valence-corrected chi connectivity index (χ1v) is 9.21. The van der Waals surface area contributed by atoms with Crippen LogP contribution >= 0.6 is 0 Å². The maximum absolute atomic E-state index is 12.4. The highest BCUT2D eigenvalue weighted by atomic mass is 16.7. The summed E-state index contributed by atoms with van der Waals surface area (Å²) in [7, 11) is 0. The summed E-state index contributed by atoms with van der Waals surface area (Å²) < 4.78 is 16.3. The Balaban J connectivity index is 1.49. The average molecular weight is 348 g/mol. The number of fused-ring (bicyclic) bond motifs is 1. The van der Waals surface area contributed by atoms with Crippen LogP contribution in [0.15, 0.2) is 18.2 Å². The van der Waals surface area contributed by atoms with Gasteiger partial charge in [-0.25, -0.2) is 4.79 Å². The van der Waals surface area contributed by atoms with Crippen molar-refractivity contribution in [2.24, 2.45) is 0 Å². The Morgan fingerprint density at radius 2 is 2.04 bits per heavy atom. The zero-order valence-corrected chi connectivity index (χ0v) is 15.2. The summed E-state index contributed by atoms with van der Waals surface area (Å²) >= 11 is 0. The van der Waals surface area contributed by atoms with E-state index in [1.54, 1.807) is 4.90 Å². The van der Waals surface area contributed by atoms with Crippen molar-refractivity contribution < 1.29 is 19.0 Å². The molecule has 0 spiro atoms. The quantitative estimate of drug-likeness (QED) is 0.758. The van der Waals surface area contributed by atoms with Gasteiger partial charge in [0, 0.05) is 19.1 Å². The van der Waals surface area contributed by atoms with Crippen LogP contribution in [0.5, 0.6) is 11.5 Å². The number of carbonyl (C=O) groups excluding carboxylic acids is 1. The van der Waals surface area contributed by atoms with Crippen molar-refractivity contribution in [2.45, 2.75) is 39.2 Å². The molecule has 6 heteroatoms. The van der Waals surface area contributed by atoms with E-state index in [0.29, 0.717) is 13.2 Å². The van der Waals surface area contributed by atoms with E-state index in [0.717, 1.165) is 43.1 Å². The van der Waals surface area contributed by atoms with Crippen LogP contribution in [0.3, 0.4) is 0 Å². The number of carbonyl (C=O) groups is 1. The number of hydrogen-bond acceptors (Lipinski definition) is 5. The highest BCUT2D eigenvalue weighted by Gasteiger charge is 2.22. The molecule has 1 aromatic carbocycles. The van der Waals surface area contributed by atoms with E-state index in [1.807, 2.05) is 25.1 Å². The van der Waals surface area contributed by atoms with Crippen molar-refractivity contribution in [3.8, 4) is 11.5 Å². The third-order valence-electron chi connectivity index (χ3n) is 4.91. The monoisotopic (exact) mass is 348 g/mol. The lowest BCUT2D eigenvalue weighted by Gasteiger charge is -2.28. The number of likely N-dealkylation sites (tertiary alicyclic amines) is 1. The summed E-state index contributed by atoms with van der Waals surface area (Å²) in [5.74, 6) is 1.56. The molecule has 0 aromatic heterocycles. The predicted octanol–water partition coefficient (Wildman–Crippen LogP) is 2.90. The molecule has 0 radical (unpaired) electrons. The fourth-order valence-corrected chi connectivity index (χ4v) is 3.49. The van der Waals surface area contributed by atoms with Crippen molar-refractivity contribution >= 4 is 6.09 Å². The zero-order chi connectivity index (χ0) is 17.6. The van der Waals surface area contributed by atoms with Gasteiger partial charge < -0.3 is 19.1 Å². The Morgan fingerprint density at radius 3 is 2.80 bits per heavy atom. The lowest BCUT2D eigenvalue weighted by atomic mass is 10.1. The molecule has 0 bridgehead atoms. The van der Waals surface area contributed by atoms with Gasteiger partial charge in [-0.1, -0.05) is 6.07 Å². The van der Waals surface area contributed by atoms with Gasteiger partial charge in [0.05, 0.1) is 0 Å². The van der Waals surface area contributed by atoms with E-state index in [-0.39, 0.29) is 18.9 Å². The molecule has 2 heterocycles. The number of likely N-dealkylation sites (N-methyl/N-ethyl adjacent to an activating group) is 1. The maximum Gasteiger partial charge on any atom is 0.410 e. The van der Waals surface area contributed by atoms with Crippen LogP contribution in [0.2, 0.25) is 0 Å². The number of ether oxygens (including phenoxy) is 3. The van der Waals surface area contributed by atoms with Crippen molar-refractivity contribution in [3.05, 3.63) is 23.8 Å². The molecule has 138 valence electrons. The van der Waals surface area contributed by atoms with Crippen molar-refractivity contribution in [1.82, 2.24) is 9.80 Å². The number of benzene rings is 1. The normalized spacial score (nSPS) is 17.5. The van der Waals surface area contributed by atoms with Gasteiger partial charge in [-0.15, -0.1) is 0 Å². The molecular formula is C19H28N2O4. The summed E-state index contributed by atoms with van der Waals surface area (Å²) in [5, 5.41) is 0. The summed E-state index contributed by atoms with van der Waals surface area (Å²) in [5.41, 5.74) is 1.13. The van der Waals surface area contributed by atoms with Crippen molar-refractivity contribution in [3.63, 3.8) is 0 Å². The minimum Gasteiger partial charge on any atom is -0.454 e. The highest BCUT2D eigenvalue weighted by molar-refractivity contribution is 5.68. The molecule has 1 saturated heterocycles. The number of rotatable bonds is 7. The van der Waals surface area contributed by atoms with Gasteiger partial charge in [0.15, 0.2) is 11.5 Å². The summed E-state index contributed by atoms with van der Waals surface area (Å²) in [6.45, 7) is 8.48. The highest BCUT2D eigenvalue weighted by Crippen LogP contribution is 2.33. The molecule has 1 amide bonds. The minimum absolute atomic E-state index is 0.0599. The zero-order valence-electron chi connectivity index (χ0n) is 15.2. The Labute approximate surface area is 149 Å². The molecule has 2 aliphatic heterocycles. The second-order valence-electron chi connectivity index (χ2n) is 6.69. The van der Waals surface area contributed by atoms with Gasteiger partial charge in [-0.05, 0) is 63.9 Å². The van der Waals surface area contributed by atoms with E-state index in [9.17, 15) is 4.79 Å². The largest absolute Gasteiger partial charge is 0.454 e. The fourth-order valence-electron chi connectivity index (χ4n) is 3.49. The first-order chi connectivity index (χ1) is 12.2. The maximum atomic E-state index is 12.4. The molecule has 0 aliphatic carbocycles. The van der Waals surface area contributed by atoms with Crippen LogP contribution in [0.25, 0.3) is 0 Å². The Kier molecular flexibility index (Phi) is 6.02. The van der Waals surface area contributed by atoms with Crippen molar-refractivity contribution in [2.75, 3.05) is 39.6 Å². The second-order valence-corrected chi connectivity index (χ2v) is 6.69. The van der Waals surface area contributed by atoms with E-state index in [1.165, 1.54) is 12.8 Å². The number of hydrogen-bond donors (Lipinski definition) is 0. The van der Waals surface area contributed by atoms with Crippen molar-refractivity contribution in [1.29, 1.82) is 0 Å². The van der Waals surface area contributed by atoms with E-state index in [2.05, 4.69) is 11.8 Å². The van der Waals surface area contributed by atoms with Crippen LogP contribution in [-0.4, -0.2) is 61.5 Å². The van der Waals surface area contributed by atoms with Crippen LogP contribution in [0, 0.1) is 0 Å². The topological polar surface area (TPSA) is 51.2 Å². The van der Waals surface area contributed by atoms with E-state index >= 15 is 0 Å². The van der Waals surface area contributed by atoms with Gasteiger partial charge in [-0.2, -0.15) is 0 Å². The van der Waals surface area contributed by atoms with Crippen LogP contribution < -0.4 is 9.47 Å². The molecule has 25 heavy (non-hydrogen) atoms. The average Bonchev–Trinajstić information content (AvgIpc) is 3.26. The fraction of sp³-hybridized carbons (Fsp3) is 0.632. The molecule has 3 rings (SSSR count). The molecule has 1 unspecified atom stereocenters. The molecule has 0 N–H and O–H groups in total. The molecule has 1 fully saturated rings. The van der Waals surface area contributed by atoms with Gasteiger partial charge in [-0.3, -0.25) is 4.90 Å². The van der Waals surface area contributed by atoms with Crippen LogP contribution in [0.1, 0.15) is 32.3 Å². The van der Waals surface area contributed by atoms with Gasteiger partial charge in [0.1, 0.15) is 6.61 Å².